The molecule has 0 amide bonds. The van der Waals surface area contributed by atoms with Gasteiger partial charge in [-0.2, -0.15) is 0 Å². The van der Waals surface area contributed by atoms with Crippen LogP contribution >= 0.6 is 0 Å². The zero-order chi connectivity index (χ0) is 13.4. The first kappa shape index (κ1) is 15.9. The maximum Gasteiger partial charge on any atom is 0.0826 e. The van der Waals surface area contributed by atoms with Gasteiger partial charge in [0.05, 0.1) is 12.7 Å². The zero-order valence-corrected chi connectivity index (χ0v) is 12.6. The minimum Gasteiger partial charge on any atom is -0.374 e. The van der Waals surface area contributed by atoms with Gasteiger partial charge >= 0.3 is 0 Å². The van der Waals surface area contributed by atoms with Crippen molar-refractivity contribution in [2.45, 2.75) is 39.3 Å². The first-order valence-corrected chi connectivity index (χ1v) is 7.37. The lowest BCUT2D eigenvalue weighted by Gasteiger charge is -2.33. The summed E-state index contributed by atoms with van der Waals surface area (Å²) in [7, 11) is 2.19. The van der Waals surface area contributed by atoms with Crippen LogP contribution in [0.5, 0.6) is 0 Å². The highest BCUT2D eigenvalue weighted by Crippen LogP contribution is 2.05. The van der Waals surface area contributed by atoms with Gasteiger partial charge in [0, 0.05) is 25.7 Å². The molecule has 0 bridgehead atoms. The highest BCUT2D eigenvalue weighted by Gasteiger charge is 2.19. The molecule has 1 heterocycles. The van der Waals surface area contributed by atoms with Gasteiger partial charge in [0.2, 0.25) is 0 Å². The van der Waals surface area contributed by atoms with E-state index in [-0.39, 0.29) is 0 Å². The SMILES string of the molecule is CCN(C)CCCN1CCO[C@@H](CNC(C)C)C1. The van der Waals surface area contributed by atoms with Crippen LogP contribution in [-0.2, 0) is 4.74 Å². The lowest BCUT2D eigenvalue weighted by molar-refractivity contribution is -0.0284. The van der Waals surface area contributed by atoms with E-state index in [1.54, 1.807) is 0 Å². The number of ether oxygens (including phenoxy) is 1. The molecule has 0 aromatic rings. The molecular weight excluding hydrogens is 226 g/mol. The van der Waals surface area contributed by atoms with Crippen molar-refractivity contribution in [3.63, 3.8) is 0 Å². The number of nitrogens with zero attached hydrogens (tertiary/aromatic N) is 2. The van der Waals surface area contributed by atoms with E-state index in [1.165, 1.54) is 19.5 Å². The predicted molar refractivity (Wildman–Crippen MR) is 77.1 cm³/mol. The highest BCUT2D eigenvalue weighted by atomic mass is 16.5. The summed E-state index contributed by atoms with van der Waals surface area (Å²) >= 11 is 0. The fourth-order valence-electron chi connectivity index (χ4n) is 2.20. The number of morpholine rings is 1. The molecule has 4 heteroatoms. The van der Waals surface area contributed by atoms with Crippen LogP contribution in [0.4, 0.5) is 0 Å². The molecule has 1 atom stereocenters. The molecule has 0 aromatic carbocycles. The third kappa shape index (κ3) is 6.69. The number of rotatable bonds is 8. The average molecular weight is 257 g/mol. The van der Waals surface area contributed by atoms with Gasteiger partial charge in [0.15, 0.2) is 0 Å². The predicted octanol–water partition coefficient (Wildman–Crippen LogP) is 1.03. The van der Waals surface area contributed by atoms with Gasteiger partial charge in [-0.1, -0.05) is 20.8 Å². The summed E-state index contributed by atoms with van der Waals surface area (Å²) in [5.41, 5.74) is 0. The van der Waals surface area contributed by atoms with Crippen molar-refractivity contribution in [3.8, 4) is 0 Å². The first-order chi connectivity index (χ1) is 8.61. The van der Waals surface area contributed by atoms with E-state index in [9.17, 15) is 0 Å². The van der Waals surface area contributed by atoms with Crippen LogP contribution < -0.4 is 5.32 Å². The number of hydrogen-bond acceptors (Lipinski definition) is 4. The summed E-state index contributed by atoms with van der Waals surface area (Å²) in [6.07, 6.45) is 1.62. The van der Waals surface area contributed by atoms with E-state index in [2.05, 4.69) is 42.9 Å². The Morgan fingerprint density at radius 3 is 2.89 bits per heavy atom. The Bertz CT molecular complexity index is 211. The van der Waals surface area contributed by atoms with Gasteiger partial charge < -0.3 is 15.0 Å². The van der Waals surface area contributed by atoms with Crippen molar-refractivity contribution in [2.24, 2.45) is 0 Å². The van der Waals surface area contributed by atoms with E-state index < -0.39 is 0 Å². The summed E-state index contributed by atoms with van der Waals surface area (Å²) in [5.74, 6) is 0. The normalized spacial score (nSPS) is 22.0. The summed E-state index contributed by atoms with van der Waals surface area (Å²) in [4.78, 5) is 4.91. The molecule has 0 aromatic heterocycles. The van der Waals surface area contributed by atoms with E-state index in [0.29, 0.717) is 12.1 Å². The molecule has 0 radical (unpaired) electrons. The minimum absolute atomic E-state index is 0.366. The van der Waals surface area contributed by atoms with Crippen LogP contribution in [0.25, 0.3) is 0 Å². The molecule has 1 aliphatic rings. The van der Waals surface area contributed by atoms with Crippen molar-refractivity contribution in [2.75, 3.05) is 52.9 Å². The second-order valence-corrected chi connectivity index (χ2v) is 5.61. The molecule has 0 aliphatic carbocycles. The molecule has 18 heavy (non-hydrogen) atoms. The molecule has 1 aliphatic heterocycles. The highest BCUT2D eigenvalue weighted by molar-refractivity contribution is 4.74. The minimum atomic E-state index is 0.366. The van der Waals surface area contributed by atoms with Gasteiger partial charge in [0.1, 0.15) is 0 Å². The molecule has 108 valence electrons. The van der Waals surface area contributed by atoms with E-state index in [4.69, 9.17) is 4.74 Å². The van der Waals surface area contributed by atoms with Crippen LogP contribution in [0.2, 0.25) is 0 Å². The van der Waals surface area contributed by atoms with E-state index in [0.717, 1.165) is 32.8 Å². The van der Waals surface area contributed by atoms with Gasteiger partial charge in [-0.25, -0.2) is 0 Å². The molecule has 1 fully saturated rings. The van der Waals surface area contributed by atoms with Crippen molar-refractivity contribution in [3.05, 3.63) is 0 Å². The summed E-state index contributed by atoms with van der Waals surface area (Å²) in [5, 5.41) is 3.46. The molecule has 0 saturated carbocycles. The average Bonchev–Trinajstić information content (AvgIpc) is 2.36. The molecule has 1 saturated heterocycles. The van der Waals surface area contributed by atoms with Crippen molar-refractivity contribution in [1.82, 2.24) is 15.1 Å². The van der Waals surface area contributed by atoms with Gasteiger partial charge in [-0.3, -0.25) is 4.90 Å². The smallest absolute Gasteiger partial charge is 0.0826 e. The van der Waals surface area contributed by atoms with E-state index in [1.807, 2.05) is 0 Å². The lowest BCUT2D eigenvalue weighted by Crippen LogP contribution is -2.48. The molecule has 0 unspecified atom stereocenters. The van der Waals surface area contributed by atoms with Crippen LogP contribution in [0.1, 0.15) is 27.2 Å². The monoisotopic (exact) mass is 257 g/mol. The Hall–Kier alpha value is -0.160. The summed E-state index contributed by atoms with van der Waals surface area (Å²) in [6.45, 7) is 14.1. The van der Waals surface area contributed by atoms with E-state index >= 15 is 0 Å². The third-order valence-corrected chi connectivity index (χ3v) is 3.53. The van der Waals surface area contributed by atoms with Crippen LogP contribution in [0.3, 0.4) is 0 Å². The second-order valence-electron chi connectivity index (χ2n) is 5.61. The van der Waals surface area contributed by atoms with Gasteiger partial charge in [0.25, 0.3) is 0 Å². The summed E-state index contributed by atoms with van der Waals surface area (Å²) in [6, 6.07) is 0.544. The standard InChI is InChI=1S/C14H31N3O/c1-5-16(4)7-6-8-17-9-10-18-14(12-17)11-15-13(2)3/h13-15H,5-12H2,1-4H3/t14-/m0/s1. The van der Waals surface area contributed by atoms with Crippen molar-refractivity contribution < 1.29 is 4.74 Å². The fraction of sp³-hybridized carbons (Fsp3) is 1.00. The maximum absolute atomic E-state index is 5.79. The Labute approximate surface area is 113 Å². The Kier molecular flexibility index (Phi) is 7.82. The third-order valence-electron chi connectivity index (χ3n) is 3.53. The van der Waals surface area contributed by atoms with Gasteiger partial charge in [-0.05, 0) is 33.1 Å². The molecule has 1 rings (SSSR count). The molecule has 1 N–H and O–H groups in total. The number of hydrogen-bond donors (Lipinski definition) is 1. The lowest BCUT2D eigenvalue weighted by atomic mass is 10.2. The van der Waals surface area contributed by atoms with Crippen LogP contribution in [0, 0.1) is 0 Å². The zero-order valence-electron chi connectivity index (χ0n) is 12.6. The first-order valence-electron chi connectivity index (χ1n) is 7.37. The maximum atomic E-state index is 5.79. The quantitative estimate of drug-likeness (QED) is 0.703. The molecule has 0 spiro atoms. The molecule has 4 nitrogen and oxygen atoms in total. The Morgan fingerprint density at radius 1 is 1.44 bits per heavy atom. The van der Waals surface area contributed by atoms with Crippen LogP contribution in [0.15, 0.2) is 0 Å². The van der Waals surface area contributed by atoms with Crippen molar-refractivity contribution >= 4 is 0 Å². The fourth-order valence-corrected chi connectivity index (χ4v) is 2.20. The van der Waals surface area contributed by atoms with Gasteiger partial charge in [-0.15, -0.1) is 0 Å². The summed E-state index contributed by atoms with van der Waals surface area (Å²) < 4.78 is 5.79. The Morgan fingerprint density at radius 2 is 2.22 bits per heavy atom. The van der Waals surface area contributed by atoms with Crippen LogP contribution in [-0.4, -0.2) is 74.9 Å². The van der Waals surface area contributed by atoms with Crippen molar-refractivity contribution in [1.29, 1.82) is 0 Å². The number of nitrogens with one attached hydrogen (secondary N) is 1. The second kappa shape index (κ2) is 8.86. The molecular formula is C14H31N3O. The largest absolute Gasteiger partial charge is 0.374 e. The topological polar surface area (TPSA) is 27.7 Å². The Balaban J connectivity index is 2.14.